The van der Waals surface area contributed by atoms with Gasteiger partial charge >= 0.3 is 0 Å². The quantitative estimate of drug-likeness (QED) is 0.496. The fraction of sp³-hybridized carbons (Fsp3) is 0.793. The molecule has 4 N–H and O–H groups in total. The van der Waals surface area contributed by atoms with E-state index in [1.54, 1.807) is 12.3 Å². The van der Waals surface area contributed by atoms with Gasteiger partial charge in [-0.2, -0.15) is 0 Å². The first-order chi connectivity index (χ1) is 16.6. The number of carbonyl (C=O) groups excluding carboxylic acids is 1. The molecule has 0 aromatic carbocycles. The van der Waals surface area contributed by atoms with Gasteiger partial charge in [-0.25, -0.2) is 4.98 Å². The van der Waals surface area contributed by atoms with Crippen molar-refractivity contribution in [2.75, 3.05) is 5.32 Å². The summed E-state index contributed by atoms with van der Waals surface area (Å²) >= 11 is 0. The number of amides is 1. The van der Waals surface area contributed by atoms with Crippen molar-refractivity contribution in [1.82, 2.24) is 4.98 Å². The first-order valence-electron chi connectivity index (χ1n) is 13.9. The lowest BCUT2D eigenvalue weighted by molar-refractivity contribution is -0.207. The molecule has 1 heterocycles. The Morgan fingerprint density at radius 3 is 2.66 bits per heavy atom. The zero-order valence-electron chi connectivity index (χ0n) is 21.6. The van der Waals surface area contributed by atoms with Crippen LogP contribution in [0.2, 0.25) is 0 Å². The van der Waals surface area contributed by atoms with E-state index in [4.69, 9.17) is 0 Å². The zero-order chi connectivity index (χ0) is 25.0. The second-order valence-corrected chi connectivity index (χ2v) is 12.8. The summed E-state index contributed by atoms with van der Waals surface area (Å²) in [6.45, 7) is 6.88. The summed E-state index contributed by atoms with van der Waals surface area (Å²) in [5, 5.41) is 36.3. The van der Waals surface area contributed by atoms with Gasteiger partial charge in [0, 0.05) is 12.6 Å². The lowest BCUT2D eigenvalue weighted by Gasteiger charge is -2.63. The molecule has 0 radical (unpaired) electrons. The van der Waals surface area contributed by atoms with Gasteiger partial charge in [-0.05, 0) is 110 Å². The van der Waals surface area contributed by atoms with Crippen LogP contribution in [0.25, 0.3) is 0 Å². The first kappa shape index (κ1) is 25.2. The molecule has 194 valence electrons. The molecule has 6 heteroatoms. The molecule has 0 spiro atoms. The molecule has 11 atom stereocenters. The highest BCUT2D eigenvalue weighted by molar-refractivity contribution is 5.89. The monoisotopic (exact) mass is 484 g/mol. The van der Waals surface area contributed by atoms with Crippen molar-refractivity contribution in [2.45, 2.75) is 96.9 Å². The van der Waals surface area contributed by atoms with Crippen LogP contribution in [0, 0.1) is 46.3 Å². The first-order valence-corrected chi connectivity index (χ1v) is 13.9. The van der Waals surface area contributed by atoms with Crippen LogP contribution < -0.4 is 5.32 Å². The molecular weight excluding hydrogens is 440 g/mol. The van der Waals surface area contributed by atoms with Crippen molar-refractivity contribution < 1.29 is 20.1 Å². The summed E-state index contributed by atoms with van der Waals surface area (Å²) < 4.78 is 0. The molecule has 1 aromatic rings. The highest BCUT2D eigenvalue weighted by atomic mass is 16.3. The van der Waals surface area contributed by atoms with Gasteiger partial charge in [0.1, 0.15) is 5.82 Å². The van der Waals surface area contributed by atoms with Gasteiger partial charge in [-0.1, -0.05) is 26.8 Å². The van der Waals surface area contributed by atoms with Crippen molar-refractivity contribution in [3.05, 3.63) is 24.4 Å². The maximum Gasteiger partial charge on any atom is 0.225 e. The third kappa shape index (κ3) is 4.23. The molecule has 0 aliphatic heterocycles. The number of pyridine rings is 1. The van der Waals surface area contributed by atoms with Gasteiger partial charge in [-0.3, -0.25) is 4.79 Å². The number of aromatic nitrogens is 1. The molecule has 5 rings (SSSR count). The van der Waals surface area contributed by atoms with Crippen molar-refractivity contribution in [1.29, 1.82) is 0 Å². The number of nitrogens with one attached hydrogen (secondary N) is 1. The predicted molar refractivity (Wildman–Crippen MR) is 135 cm³/mol. The Labute approximate surface area is 209 Å². The standard InChI is InChI=1S/C29H44N2O4/c1-17(7-10-26(35)31-25-6-4-5-13-30-25)20-8-9-21-27-22(16-24(34)29(20,21)3)28(2)12-11-19(32)14-18(28)15-23(27)33/h4-6,13,17-24,27,32-34H,7-12,14-16H2,1-3H3,(H,30,31,35). The number of hydrogen-bond donors (Lipinski definition) is 4. The summed E-state index contributed by atoms with van der Waals surface area (Å²) in [4.78, 5) is 16.7. The topological polar surface area (TPSA) is 103 Å². The lowest BCUT2D eigenvalue weighted by Crippen LogP contribution is -2.62. The number of carbonyl (C=O) groups is 1. The molecule has 1 amide bonds. The minimum absolute atomic E-state index is 0.0133. The van der Waals surface area contributed by atoms with Gasteiger partial charge in [0.2, 0.25) is 5.91 Å². The minimum atomic E-state index is -0.388. The Kier molecular flexibility index (Phi) is 6.77. The maximum absolute atomic E-state index is 12.5. The summed E-state index contributed by atoms with van der Waals surface area (Å²) in [6, 6.07) is 5.49. The van der Waals surface area contributed by atoms with Crippen LogP contribution in [0.4, 0.5) is 5.82 Å². The van der Waals surface area contributed by atoms with Gasteiger partial charge in [0.05, 0.1) is 18.3 Å². The molecule has 4 aliphatic carbocycles. The molecule has 4 aliphatic rings. The van der Waals surface area contributed by atoms with E-state index in [1.165, 1.54) is 0 Å². The Bertz CT molecular complexity index is 911. The fourth-order valence-corrected chi connectivity index (χ4v) is 9.33. The number of aliphatic hydroxyl groups is 3. The number of aliphatic hydroxyl groups excluding tert-OH is 3. The van der Waals surface area contributed by atoms with E-state index in [1.807, 2.05) is 12.1 Å². The Morgan fingerprint density at radius 2 is 1.91 bits per heavy atom. The second-order valence-electron chi connectivity index (χ2n) is 12.8. The molecule has 4 fully saturated rings. The van der Waals surface area contributed by atoms with Crippen LogP contribution in [0.15, 0.2) is 24.4 Å². The van der Waals surface area contributed by atoms with Crippen molar-refractivity contribution in [3.8, 4) is 0 Å². The Morgan fingerprint density at radius 1 is 1.11 bits per heavy atom. The van der Waals surface area contributed by atoms with E-state index in [9.17, 15) is 20.1 Å². The second kappa shape index (κ2) is 9.42. The highest BCUT2D eigenvalue weighted by Gasteiger charge is 2.65. The smallest absolute Gasteiger partial charge is 0.225 e. The van der Waals surface area contributed by atoms with E-state index >= 15 is 0 Å². The zero-order valence-corrected chi connectivity index (χ0v) is 21.6. The molecule has 1 aromatic heterocycles. The third-order valence-corrected chi connectivity index (χ3v) is 11.3. The Hall–Kier alpha value is -1.50. The molecule has 0 saturated heterocycles. The van der Waals surface area contributed by atoms with Gasteiger partial charge in [0.25, 0.3) is 0 Å². The van der Waals surface area contributed by atoms with Crippen LogP contribution >= 0.6 is 0 Å². The number of fused-ring (bicyclic) bond motifs is 5. The predicted octanol–water partition coefficient (Wildman–Crippen LogP) is 4.40. The van der Waals surface area contributed by atoms with E-state index in [0.717, 1.165) is 51.4 Å². The van der Waals surface area contributed by atoms with Gasteiger partial charge in [0.15, 0.2) is 0 Å². The molecule has 35 heavy (non-hydrogen) atoms. The van der Waals surface area contributed by atoms with E-state index in [-0.39, 0.29) is 41.0 Å². The SMILES string of the molecule is CC(CCC(=O)Nc1ccccn1)C1CCC2C3C(O)CC4CC(O)CCC4(C)C3CC(O)C12C. The highest BCUT2D eigenvalue weighted by Crippen LogP contribution is 2.68. The van der Waals surface area contributed by atoms with Crippen LogP contribution in [0.5, 0.6) is 0 Å². The average molecular weight is 485 g/mol. The summed E-state index contributed by atoms with van der Waals surface area (Å²) in [5.74, 6) is 2.43. The fourth-order valence-electron chi connectivity index (χ4n) is 9.33. The molecular formula is C29H44N2O4. The van der Waals surface area contributed by atoms with Crippen LogP contribution in [0.1, 0.15) is 78.6 Å². The third-order valence-electron chi connectivity index (χ3n) is 11.3. The largest absolute Gasteiger partial charge is 0.393 e. The number of rotatable bonds is 5. The number of nitrogens with zero attached hydrogens (tertiary/aromatic N) is 1. The molecule has 4 saturated carbocycles. The molecule has 11 unspecified atom stereocenters. The Balaban J connectivity index is 1.29. The van der Waals surface area contributed by atoms with Crippen LogP contribution in [-0.2, 0) is 4.79 Å². The van der Waals surface area contributed by atoms with Crippen molar-refractivity contribution >= 4 is 11.7 Å². The summed E-state index contributed by atoms with van der Waals surface area (Å²) in [7, 11) is 0. The molecule has 6 nitrogen and oxygen atoms in total. The lowest BCUT2D eigenvalue weighted by atomic mass is 9.43. The van der Waals surface area contributed by atoms with Crippen LogP contribution in [0.3, 0.4) is 0 Å². The average Bonchev–Trinajstić information content (AvgIpc) is 3.18. The maximum atomic E-state index is 12.5. The van der Waals surface area contributed by atoms with E-state index in [0.29, 0.717) is 41.8 Å². The van der Waals surface area contributed by atoms with Crippen molar-refractivity contribution in [3.63, 3.8) is 0 Å². The van der Waals surface area contributed by atoms with Gasteiger partial charge in [-0.15, -0.1) is 0 Å². The summed E-state index contributed by atoms with van der Waals surface area (Å²) in [6.07, 6.45) is 8.17. The summed E-state index contributed by atoms with van der Waals surface area (Å²) in [5.41, 5.74) is -0.130. The normalized spacial score (nSPS) is 45.7. The minimum Gasteiger partial charge on any atom is -0.393 e. The van der Waals surface area contributed by atoms with Crippen LogP contribution in [-0.4, -0.2) is 44.5 Å². The number of anilines is 1. The van der Waals surface area contributed by atoms with E-state index < -0.39 is 0 Å². The van der Waals surface area contributed by atoms with Gasteiger partial charge < -0.3 is 20.6 Å². The van der Waals surface area contributed by atoms with Crippen molar-refractivity contribution in [2.24, 2.45) is 46.3 Å². The number of hydrogen-bond acceptors (Lipinski definition) is 5. The molecule has 0 bridgehead atoms. The van der Waals surface area contributed by atoms with E-state index in [2.05, 4.69) is 31.1 Å².